The first-order valence-electron chi connectivity index (χ1n) is 7.93. The normalized spacial score (nSPS) is 10.1. The summed E-state index contributed by atoms with van der Waals surface area (Å²) in [7, 11) is 0. The molecule has 0 saturated heterocycles. The van der Waals surface area contributed by atoms with Gasteiger partial charge in [-0.05, 0) is 48.7 Å². The third-order valence-corrected chi connectivity index (χ3v) is 3.57. The molecule has 25 heavy (non-hydrogen) atoms. The molecule has 2 aromatic carbocycles. The van der Waals surface area contributed by atoms with Crippen molar-refractivity contribution in [2.75, 3.05) is 16.4 Å². The van der Waals surface area contributed by atoms with Gasteiger partial charge in [-0.2, -0.15) is 0 Å². The Morgan fingerprint density at radius 3 is 2.32 bits per heavy atom. The topological polar surface area (TPSA) is 84.2 Å². The minimum absolute atomic E-state index is 0. The highest BCUT2D eigenvalue weighted by atomic mass is 35.5. The summed E-state index contributed by atoms with van der Waals surface area (Å²) in [5, 5.41) is 5.66. The summed E-state index contributed by atoms with van der Waals surface area (Å²) in [6, 6.07) is 12.3. The lowest BCUT2D eigenvalue weighted by Gasteiger charge is -2.12. The lowest BCUT2D eigenvalue weighted by Crippen LogP contribution is -2.16. The first-order chi connectivity index (χ1) is 11.4. The van der Waals surface area contributed by atoms with E-state index in [2.05, 4.69) is 10.6 Å². The fraction of sp³-hybridized carbons (Fsp3) is 0.263. The SMILES string of the molecule is Cc1cc(C(=O)Nc2ccccc2N)ccc1NC(=O)CC(C)C.Cl. The highest BCUT2D eigenvalue weighted by Gasteiger charge is 2.11. The molecular weight excluding hydrogens is 338 g/mol. The predicted octanol–water partition coefficient (Wildman–Crippen LogP) is 4.24. The number of anilines is 3. The highest BCUT2D eigenvalue weighted by molar-refractivity contribution is 6.06. The third kappa shape index (κ3) is 5.80. The number of benzene rings is 2. The van der Waals surface area contributed by atoms with E-state index in [-0.39, 0.29) is 24.2 Å². The van der Waals surface area contributed by atoms with E-state index in [0.717, 1.165) is 11.3 Å². The molecule has 5 nitrogen and oxygen atoms in total. The number of nitrogens with two attached hydrogens (primary N) is 1. The Morgan fingerprint density at radius 2 is 1.72 bits per heavy atom. The van der Waals surface area contributed by atoms with Crippen LogP contribution in [-0.2, 0) is 4.79 Å². The van der Waals surface area contributed by atoms with Crippen molar-refractivity contribution in [3.05, 3.63) is 53.6 Å². The van der Waals surface area contributed by atoms with Crippen LogP contribution in [0.15, 0.2) is 42.5 Å². The van der Waals surface area contributed by atoms with E-state index in [4.69, 9.17) is 5.73 Å². The molecule has 0 aliphatic rings. The maximum absolute atomic E-state index is 12.3. The largest absolute Gasteiger partial charge is 0.397 e. The van der Waals surface area contributed by atoms with Gasteiger partial charge in [0, 0.05) is 17.7 Å². The van der Waals surface area contributed by atoms with Gasteiger partial charge in [-0.3, -0.25) is 9.59 Å². The van der Waals surface area contributed by atoms with Gasteiger partial charge in [0.2, 0.25) is 5.91 Å². The van der Waals surface area contributed by atoms with Crippen molar-refractivity contribution in [2.45, 2.75) is 27.2 Å². The molecule has 6 heteroatoms. The van der Waals surface area contributed by atoms with Crippen molar-refractivity contribution < 1.29 is 9.59 Å². The smallest absolute Gasteiger partial charge is 0.255 e. The number of amides is 2. The first kappa shape index (κ1) is 20.5. The van der Waals surface area contributed by atoms with E-state index in [1.807, 2.05) is 32.9 Å². The molecule has 0 aromatic heterocycles. The van der Waals surface area contributed by atoms with E-state index in [9.17, 15) is 9.59 Å². The lowest BCUT2D eigenvalue weighted by atomic mass is 10.1. The zero-order valence-electron chi connectivity index (χ0n) is 14.6. The van der Waals surface area contributed by atoms with E-state index < -0.39 is 0 Å². The summed E-state index contributed by atoms with van der Waals surface area (Å²) in [5.41, 5.74) is 8.99. The minimum atomic E-state index is -0.240. The molecular formula is C19H24ClN3O2. The maximum Gasteiger partial charge on any atom is 0.255 e. The van der Waals surface area contributed by atoms with Crippen LogP contribution in [0.4, 0.5) is 17.1 Å². The molecule has 0 aliphatic heterocycles. The fourth-order valence-corrected chi connectivity index (χ4v) is 2.32. The Balaban J connectivity index is 0.00000312. The van der Waals surface area contributed by atoms with E-state index >= 15 is 0 Å². The summed E-state index contributed by atoms with van der Waals surface area (Å²) in [5.74, 6) is 0.0325. The monoisotopic (exact) mass is 361 g/mol. The van der Waals surface area contributed by atoms with Crippen LogP contribution in [0.25, 0.3) is 0 Å². The Morgan fingerprint density at radius 1 is 1.04 bits per heavy atom. The second-order valence-electron chi connectivity index (χ2n) is 6.22. The van der Waals surface area contributed by atoms with E-state index in [1.165, 1.54) is 0 Å². The Kier molecular flexibility index (Phi) is 7.45. The summed E-state index contributed by atoms with van der Waals surface area (Å²) in [6.07, 6.45) is 0.467. The molecule has 0 bridgehead atoms. The number of aryl methyl sites for hydroxylation is 1. The molecule has 2 rings (SSSR count). The van der Waals surface area contributed by atoms with Crippen molar-refractivity contribution in [1.29, 1.82) is 0 Å². The van der Waals surface area contributed by atoms with Crippen molar-refractivity contribution in [3.63, 3.8) is 0 Å². The summed E-state index contributed by atoms with van der Waals surface area (Å²) < 4.78 is 0. The van der Waals surface area contributed by atoms with Crippen LogP contribution in [0.3, 0.4) is 0 Å². The quantitative estimate of drug-likeness (QED) is 0.696. The minimum Gasteiger partial charge on any atom is -0.397 e. The molecule has 4 N–H and O–H groups in total. The Bertz CT molecular complexity index is 760. The van der Waals surface area contributed by atoms with E-state index in [1.54, 1.807) is 30.3 Å². The summed E-state index contributed by atoms with van der Waals surface area (Å²) in [6.45, 7) is 5.85. The van der Waals surface area contributed by atoms with Gasteiger partial charge in [-0.1, -0.05) is 26.0 Å². The van der Waals surface area contributed by atoms with Crippen LogP contribution in [0.1, 0.15) is 36.2 Å². The van der Waals surface area contributed by atoms with Crippen molar-refractivity contribution >= 4 is 41.3 Å². The number of para-hydroxylation sites is 2. The molecule has 0 unspecified atom stereocenters. The van der Waals surface area contributed by atoms with Gasteiger partial charge < -0.3 is 16.4 Å². The zero-order chi connectivity index (χ0) is 17.7. The number of carbonyl (C=O) groups excluding carboxylic acids is 2. The Labute approximate surface area is 154 Å². The van der Waals surface area contributed by atoms with Gasteiger partial charge in [-0.25, -0.2) is 0 Å². The second kappa shape index (κ2) is 9.08. The molecule has 2 aromatic rings. The third-order valence-electron chi connectivity index (χ3n) is 3.57. The van der Waals surface area contributed by atoms with Crippen LogP contribution in [0.2, 0.25) is 0 Å². The average molecular weight is 362 g/mol. The molecule has 0 spiro atoms. The second-order valence-corrected chi connectivity index (χ2v) is 6.22. The fourth-order valence-electron chi connectivity index (χ4n) is 2.32. The number of hydrogen-bond donors (Lipinski definition) is 3. The van der Waals surface area contributed by atoms with Crippen LogP contribution in [0.5, 0.6) is 0 Å². The number of carbonyl (C=O) groups is 2. The van der Waals surface area contributed by atoms with Gasteiger partial charge in [-0.15, -0.1) is 12.4 Å². The van der Waals surface area contributed by atoms with Crippen LogP contribution in [-0.4, -0.2) is 11.8 Å². The lowest BCUT2D eigenvalue weighted by molar-refractivity contribution is -0.116. The van der Waals surface area contributed by atoms with Gasteiger partial charge in [0.25, 0.3) is 5.91 Å². The van der Waals surface area contributed by atoms with E-state index in [0.29, 0.717) is 29.3 Å². The predicted molar refractivity (Wildman–Crippen MR) is 105 cm³/mol. The van der Waals surface area contributed by atoms with Gasteiger partial charge in [0.05, 0.1) is 11.4 Å². The molecule has 2 amide bonds. The van der Waals surface area contributed by atoms with Crippen molar-refractivity contribution in [2.24, 2.45) is 5.92 Å². The van der Waals surface area contributed by atoms with Gasteiger partial charge in [0.1, 0.15) is 0 Å². The van der Waals surface area contributed by atoms with Crippen LogP contribution < -0.4 is 16.4 Å². The molecule has 134 valence electrons. The molecule has 0 radical (unpaired) electrons. The standard InChI is InChI=1S/C19H23N3O2.ClH/c1-12(2)10-18(23)21-16-9-8-14(11-13(16)3)19(24)22-17-7-5-4-6-15(17)20;/h4-9,11-12H,10,20H2,1-3H3,(H,21,23)(H,22,24);1H. The number of nitrogen functional groups attached to an aromatic ring is 1. The average Bonchev–Trinajstić information content (AvgIpc) is 2.50. The highest BCUT2D eigenvalue weighted by Crippen LogP contribution is 2.21. The molecule has 0 saturated carbocycles. The van der Waals surface area contributed by atoms with Gasteiger partial charge >= 0.3 is 0 Å². The molecule has 0 atom stereocenters. The molecule has 0 aliphatic carbocycles. The number of rotatable bonds is 5. The maximum atomic E-state index is 12.3. The summed E-state index contributed by atoms with van der Waals surface area (Å²) >= 11 is 0. The molecule has 0 heterocycles. The first-order valence-corrected chi connectivity index (χ1v) is 7.93. The molecule has 0 fully saturated rings. The van der Waals surface area contributed by atoms with Crippen LogP contribution in [0, 0.1) is 12.8 Å². The van der Waals surface area contributed by atoms with Crippen molar-refractivity contribution in [1.82, 2.24) is 0 Å². The number of hydrogen-bond acceptors (Lipinski definition) is 3. The van der Waals surface area contributed by atoms with Crippen LogP contribution >= 0.6 is 12.4 Å². The number of halogens is 1. The Hall–Kier alpha value is -2.53. The number of nitrogens with one attached hydrogen (secondary N) is 2. The summed E-state index contributed by atoms with van der Waals surface area (Å²) in [4.78, 5) is 24.2. The van der Waals surface area contributed by atoms with Gasteiger partial charge in [0.15, 0.2) is 0 Å². The van der Waals surface area contributed by atoms with Crippen molar-refractivity contribution in [3.8, 4) is 0 Å². The zero-order valence-corrected chi connectivity index (χ0v) is 15.4.